The van der Waals surface area contributed by atoms with Gasteiger partial charge in [-0.05, 0) is 45.7 Å². The minimum Gasteiger partial charge on any atom is -0.465 e. The minimum atomic E-state index is -1.41. The van der Waals surface area contributed by atoms with Crippen LogP contribution in [0.25, 0.3) is 4.85 Å². The van der Waals surface area contributed by atoms with Gasteiger partial charge in [0.1, 0.15) is 5.60 Å². The summed E-state index contributed by atoms with van der Waals surface area (Å²) in [4.78, 5) is 27.7. The molecule has 138 valence electrons. The van der Waals surface area contributed by atoms with Crippen LogP contribution in [0, 0.1) is 17.9 Å². The third kappa shape index (κ3) is 5.07. The van der Waals surface area contributed by atoms with Gasteiger partial charge in [-0.1, -0.05) is 24.3 Å². The highest BCUT2D eigenvalue weighted by Gasteiger charge is 2.49. The van der Waals surface area contributed by atoms with Crippen molar-refractivity contribution in [3.05, 3.63) is 46.8 Å². The highest BCUT2D eigenvalue weighted by molar-refractivity contribution is 5.85. The molecule has 0 spiro atoms. The summed E-state index contributed by atoms with van der Waals surface area (Å²) >= 11 is 0. The zero-order valence-corrected chi connectivity index (χ0v) is 15.8. The number of nitriles is 1. The highest BCUT2D eigenvalue weighted by atomic mass is 16.6. The van der Waals surface area contributed by atoms with Crippen LogP contribution < -0.4 is 0 Å². The summed E-state index contributed by atoms with van der Waals surface area (Å²) in [5.74, 6) is -0.975. The maximum Gasteiger partial charge on any atom is 0.326 e. The molecule has 0 aliphatic rings. The Labute approximate surface area is 154 Å². The molecule has 0 amide bonds. The van der Waals surface area contributed by atoms with E-state index < -0.39 is 23.0 Å². The Morgan fingerprint density at radius 3 is 2.23 bits per heavy atom. The van der Waals surface area contributed by atoms with Gasteiger partial charge in [0.2, 0.25) is 0 Å². The lowest BCUT2D eigenvalue weighted by molar-refractivity contribution is -0.154. The van der Waals surface area contributed by atoms with Crippen molar-refractivity contribution < 1.29 is 19.1 Å². The molecule has 0 heterocycles. The molecule has 0 radical (unpaired) electrons. The van der Waals surface area contributed by atoms with Crippen molar-refractivity contribution in [3.8, 4) is 6.07 Å². The number of carbonyl (C=O) groups is 2. The predicted molar refractivity (Wildman–Crippen MR) is 96.0 cm³/mol. The van der Waals surface area contributed by atoms with Crippen LogP contribution in [-0.2, 0) is 30.9 Å². The molecule has 26 heavy (non-hydrogen) atoms. The molecule has 6 heteroatoms. The smallest absolute Gasteiger partial charge is 0.326 e. The van der Waals surface area contributed by atoms with Crippen molar-refractivity contribution in [1.29, 1.82) is 5.26 Å². The van der Waals surface area contributed by atoms with Gasteiger partial charge in [0.15, 0.2) is 11.5 Å². The van der Waals surface area contributed by atoms with E-state index in [0.717, 1.165) is 0 Å². The summed E-state index contributed by atoms with van der Waals surface area (Å²) in [6, 6.07) is 7.33. The van der Waals surface area contributed by atoms with E-state index in [1.807, 2.05) is 6.07 Å². The number of hydrogen-bond donors (Lipinski definition) is 0. The zero-order valence-electron chi connectivity index (χ0n) is 15.8. The monoisotopic (exact) mass is 356 g/mol. The lowest BCUT2D eigenvalue weighted by Gasteiger charge is -2.25. The van der Waals surface area contributed by atoms with Crippen LogP contribution in [-0.4, -0.2) is 30.2 Å². The van der Waals surface area contributed by atoms with Gasteiger partial charge in [-0.3, -0.25) is 14.4 Å². The molecule has 0 bridgehead atoms. The fourth-order valence-corrected chi connectivity index (χ4v) is 2.47. The Bertz CT molecular complexity index is 721. The quantitative estimate of drug-likeness (QED) is 0.577. The van der Waals surface area contributed by atoms with Gasteiger partial charge in [0.05, 0.1) is 13.0 Å². The van der Waals surface area contributed by atoms with Crippen LogP contribution in [0.15, 0.2) is 24.3 Å². The van der Waals surface area contributed by atoms with Gasteiger partial charge >= 0.3 is 18.0 Å². The molecule has 6 nitrogen and oxygen atoms in total. The molecule has 0 fully saturated rings. The first-order chi connectivity index (χ1) is 12.1. The van der Waals surface area contributed by atoms with Crippen LogP contribution in [0.1, 0.15) is 45.7 Å². The Balaban J connectivity index is 3.12. The van der Waals surface area contributed by atoms with Gasteiger partial charge in [-0.25, -0.2) is 6.57 Å². The highest BCUT2D eigenvalue weighted by Crippen LogP contribution is 2.32. The molecular weight excluding hydrogens is 332 g/mol. The minimum absolute atomic E-state index is 0.0954. The Kier molecular flexibility index (Phi) is 6.92. The molecule has 0 saturated carbocycles. The third-order valence-corrected chi connectivity index (χ3v) is 3.82. The number of nitrogens with zero attached hydrogens (tertiary/aromatic N) is 2. The number of rotatable bonds is 6. The van der Waals surface area contributed by atoms with Gasteiger partial charge in [0.25, 0.3) is 0 Å². The second kappa shape index (κ2) is 8.49. The first-order valence-electron chi connectivity index (χ1n) is 8.33. The predicted octanol–water partition coefficient (Wildman–Crippen LogP) is 3.20. The van der Waals surface area contributed by atoms with Crippen molar-refractivity contribution in [2.45, 2.75) is 58.1 Å². The number of benzene rings is 1. The number of hydrogen-bond acceptors (Lipinski definition) is 5. The van der Waals surface area contributed by atoms with E-state index in [2.05, 4.69) is 4.85 Å². The second-order valence-corrected chi connectivity index (χ2v) is 7.04. The van der Waals surface area contributed by atoms with Gasteiger partial charge in [-0.2, -0.15) is 5.26 Å². The Morgan fingerprint density at radius 2 is 1.81 bits per heavy atom. The molecule has 1 rings (SSSR count). The lowest BCUT2D eigenvalue weighted by atomic mass is 9.76. The summed E-state index contributed by atoms with van der Waals surface area (Å²) in [7, 11) is 0. The van der Waals surface area contributed by atoms with Crippen molar-refractivity contribution in [3.63, 3.8) is 0 Å². The van der Waals surface area contributed by atoms with Crippen LogP contribution in [0.4, 0.5) is 0 Å². The van der Waals surface area contributed by atoms with Gasteiger partial charge in [-0.15, -0.1) is 0 Å². The zero-order chi connectivity index (χ0) is 20.0. The van der Waals surface area contributed by atoms with E-state index >= 15 is 0 Å². The van der Waals surface area contributed by atoms with E-state index in [-0.39, 0.29) is 19.0 Å². The number of ether oxygens (including phenoxy) is 2. The Morgan fingerprint density at radius 1 is 1.23 bits per heavy atom. The molecule has 1 aromatic carbocycles. The maximum atomic E-state index is 12.5. The average molecular weight is 356 g/mol. The maximum absolute atomic E-state index is 12.5. The van der Waals surface area contributed by atoms with E-state index in [1.54, 1.807) is 52.0 Å². The molecular formula is C20H24N2O4. The third-order valence-electron chi connectivity index (χ3n) is 3.82. The molecule has 0 aliphatic carbocycles. The molecule has 0 aliphatic heterocycles. The summed E-state index contributed by atoms with van der Waals surface area (Å²) in [5, 5.41) is 9.29. The molecule has 0 saturated heterocycles. The van der Waals surface area contributed by atoms with E-state index in [9.17, 15) is 14.9 Å². The fourth-order valence-electron chi connectivity index (χ4n) is 2.47. The number of carbonyl (C=O) groups excluding carboxylic acids is 2. The van der Waals surface area contributed by atoms with E-state index in [1.165, 1.54) is 6.92 Å². The first-order valence-corrected chi connectivity index (χ1v) is 8.33. The summed E-state index contributed by atoms with van der Waals surface area (Å²) in [5.41, 5.74) is -0.761. The van der Waals surface area contributed by atoms with Crippen molar-refractivity contribution >= 4 is 11.9 Å². The van der Waals surface area contributed by atoms with Crippen LogP contribution >= 0.6 is 0 Å². The average Bonchev–Trinajstić information content (AvgIpc) is 2.54. The topological polar surface area (TPSA) is 80.8 Å². The molecule has 2 unspecified atom stereocenters. The molecule has 1 aromatic rings. The van der Waals surface area contributed by atoms with Crippen molar-refractivity contribution in [2.24, 2.45) is 0 Å². The molecule has 0 aromatic heterocycles. The van der Waals surface area contributed by atoms with Crippen LogP contribution in [0.2, 0.25) is 0 Å². The summed E-state index contributed by atoms with van der Waals surface area (Å²) in [6.07, 6.45) is 0.0954. The van der Waals surface area contributed by atoms with E-state index in [4.69, 9.17) is 16.0 Å². The molecule has 2 atom stereocenters. The fraction of sp³-hybridized carbons (Fsp3) is 0.500. The molecule has 0 N–H and O–H groups in total. The van der Waals surface area contributed by atoms with E-state index in [0.29, 0.717) is 11.1 Å². The van der Waals surface area contributed by atoms with Gasteiger partial charge in [0, 0.05) is 0 Å². The summed E-state index contributed by atoms with van der Waals surface area (Å²) in [6.45, 7) is 16.0. The van der Waals surface area contributed by atoms with Crippen LogP contribution in [0.5, 0.6) is 0 Å². The van der Waals surface area contributed by atoms with Gasteiger partial charge < -0.3 is 9.47 Å². The normalized spacial score (nSPS) is 14.3. The largest absolute Gasteiger partial charge is 0.465 e. The number of esters is 2. The lowest BCUT2D eigenvalue weighted by Crippen LogP contribution is -2.43. The van der Waals surface area contributed by atoms with Crippen LogP contribution in [0.3, 0.4) is 0 Å². The van der Waals surface area contributed by atoms with Crippen molar-refractivity contribution in [1.82, 2.24) is 0 Å². The summed E-state index contributed by atoms with van der Waals surface area (Å²) < 4.78 is 10.4. The first kappa shape index (κ1) is 21.2. The Hall–Kier alpha value is -2.86. The van der Waals surface area contributed by atoms with Crippen molar-refractivity contribution in [2.75, 3.05) is 6.61 Å². The second-order valence-electron chi connectivity index (χ2n) is 7.04. The SMILES string of the molecule is [C-]#[N+]C(C#N)C(C)(C(=O)OCC)c1ccc(CC(=O)OC(C)(C)C)cc1. The standard InChI is InChI=1S/C20H24N2O4/c1-7-25-18(24)20(5,16(13-21)22-6)15-10-8-14(9-11-15)12-17(23)26-19(2,3)4/h8-11,16H,7,12H2,1-5H3.